The van der Waals surface area contributed by atoms with E-state index in [-0.39, 0.29) is 23.9 Å². The van der Waals surface area contributed by atoms with Gasteiger partial charge >= 0.3 is 0 Å². The highest BCUT2D eigenvalue weighted by atomic mass is 19.1. The lowest BCUT2D eigenvalue weighted by molar-refractivity contribution is 0.196. The smallest absolute Gasteiger partial charge is 0.130 e. The number of hydrogen-bond donors (Lipinski definition) is 2. The van der Waals surface area contributed by atoms with Crippen molar-refractivity contribution in [2.45, 2.75) is 19.4 Å². The van der Waals surface area contributed by atoms with Gasteiger partial charge in [0.25, 0.3) is 0 Å². The van der Waals surface area contributed by atoms with Gasteiger partial charge < -0.3 is 5.73 Å². The summed E-state index contributed by atoms with van der Waals surface area (Å²) in [6.07, 6.45) is 1.57. The molecule has 0 saturated carbocycles. The number of nitrogens with zero attached hydrogens (tertiary/aromatic N) is 1. The Morgan fingerprint density at radius 1 is 1.28 bits per heavy atom. The number of nitrogens with one attached hydrogen (secondary N) is 1. The van der Waals surface area contributed by atoms with Crippen LogP contribution in [-0.4, -0.2) is 23.8 Å². The van der Waals surface area contributed by atoms with Gasteiger partial charge in [-0.25, -0.2) is 8.78 Å². The Hall–Kier alpha value is -1.49. The average Bonchev–Trinajstić information content (AvgIpc) is 2.34. The van der Waals surface area contributed by atoms with Crippen LogP contribution in [0.3, 0.4) is 0 Å². The number of rotatable bonds is 3. The molecule has 3 nitrogen and oxygen atoms in total. The highest BCUT2D eigenvalue weighted by molar-refractivity contribution is 5.79. The third kappa shape index (κ3) is 2.85. The predicted octanol–water partition coefficient (Wildman–Crippen LogP) is 2.11. The molecular formula is C13H17F2N3. The van der Waals surface area contributed by atoms with Crippen molar-refractivity contribution in [1.82, 2.24) is 4.90 Å². The predicted molar refractivity (Wildman–Crippen MR) is 66.3 cm³/mol. The monoisotopic (exact) mass is 253 g/mol. The first-order valence-electron chi connectivity index (χ1n) is 6.07. The van der Waals surface area contributed by atoms with Gasteiger partial charge in [-0.05, 0) is 38.1 Å². The van der Waals surface area contributed by atoms with E-state index in [0.717, 1.165) is 25.9 Å². The van der Waals surface area contributed by atoms with E-state index in [1.807, 2.05) is 4.90 Å². The van der Waals surface area contributed by atoms with E-state index in [1.165, 1.54) is 18.2 Å². The number of amidine groups is 1. The van der Waals surface area contributed by atoms with Crippen LogP contribution in [0.5, 0.6) is 0 Å². The summed E-state index contributed by atoms with van der Waals surface area (Å²) >= 11 is 0. The van der Waals surface area contributed by atoms with Crippen LogP contribution in [0.15, 0.2) is 18.2 Å². The molecule has 0 unspecified atom stereocenters. The van der Waals surface area contributed by atoms with Crippen LogP contribution < -0.4 is 5.73 Å². The topological polar surface area (TPSA) is 53.1 Å². The number of halogens is 2. The molecule has 1 fully saturated rings. The molecule has 0 atom stereocenters. The van der Waals surface area contributed by atoms with E-state index in [9.17, 15) is 8.78 Å². The van der Waals surface area contributed by atoms with Crippen LogP contribution in [0.2, 0.25) is 0 Å². The molecule has 1 aliphatic rings. The minimum absolute atomic E-state index is 0.117. The molecule has 1 heterocycles. The molecule has 0 amide bonds. The Labute approximate surface area is 105 Å². The van der Waals surface area contributed by atoms with Gasteiger partial charge in [-0.3, -0.25) is 10.3 Å². The molecule has 3 N–H and O–H groups in total. The summed E-state index contributed by atoms with van der Waals surface area (Å²) < 4.78 is 27.0. The van der Waals surface area contributed by atoms with E-state index in [1.54, 1.807) is 0 Å². The second kappa shape index (κ2) is 5.44. The molecule has 18 heavy (non-hydrogen) atoms. The van der Waals surface area contributed by atoms with Crippen molar-refractivity contribution < 1.29 is 8.78 Å². The lowest BCUT2D eigenvalue weighted by Gasteiger charge is -2.31. The van der Waals surface area contributed by atoms with Crippen molar-refractivity contribution in [3.63, 3.8) is 0 Å². The summed E-state index contributed by atoms with van der Waals surface area (Å²) in [6, 6.07) is 3.93. The molecule has 1 aromatic carbocycles. The lowest BCUT2D eigenvalue weighted by atomic mass is 9.95. The molecule has 1 aliphatic heterocycles. The standard InChI is InChI=1S/C13H17F2N3/c14-11-2-1-3-12(15)10(11)8-18-6-4-9(5-7-18)13(16)17/h1-3,9H,4-8H2,(H3,16,17). The van der Waals surface area contributed by atoms with Gasteiger partial charge in [-0.1, -0.05) is 6.07 Å². The highest BCUT2D eigenvalue weighted by Gasteiger charge is 2.22. The fourth-order valence-electron chi connectivity index (χ4n) is 2.31. The summed E-state index contributed by atoms with van der Waals surface area (Å²) in [5.74, 6) is -0.661. The number of hydrogen-bond acceptors (Lipinski definition) is 2. The maximum atomic E-state index is 13.5. The minimum Gasteiger partial charge on any atom is -0.387 e. The van der Waals surface area contributed by atoms with Gasteiger partial charge in [0.05, 0.1) is 5.84 Å². The third-order valence-electron chi connectivity index (χ3n) is 3.47. The first-order valence-corrected chi connectivity index (χ1v) is 6.07. The van der Waals surface area contributed by atoms with Crippen molar-refractivity contribution in [3.05, 3.63) is 35.4 Å². The molecule has 0 aromatic heterocycles. The number of piperidine rings is 1. The first-order chi connectivity index (χ1) is 8.58. The zero-order valence-electron chi connectivity index (χ0n) is 10.1. The molecule has 2 rings (SSSR count). The maximum absolute atomic E-state index is 13.5. The Morgan fingerprint density at radius 3 is 2.33 bits per heavy atom. The van der Waals surface area contributed by atoms with Gasteiger partial charge in [0.2, 0.25) is 0 Å². The fourth-order valence-corrected chi connectivity index (χ4v) is 2.31. The van der Waals surface area contributed by atoms with Gasteiger partial charge in [-0.2, -0.15) is 0 Å². The Bertz CT molecular complexity index is 420. The van der Waals surface area contributed by atoms with Crippen LogP contribution in [-0.2, 0) is 6.54 Å². The SMILES string of the molecule is N=C(N)C1CCN(Cc2c(F)cccc2F)CC1. The number of likely N-dealkylation sites (tertiary alicyclic amines) is 1. The number of nitrogens with two attached hydrogens (primary N) is 1. The fraction of sp³-hybridized carbons (Fsp3) is 0.462. The van der Waals surface area contributed by atoms with Crippen molar-refractivity contribution in [1.29, 1.82) is 5.41 Å². The average molecular weight is 253 g/mol. The molecule has 5 heteroatoms. The van der Waals surface area contributed by atoms with Crippen LogP contribution in [0, 0.1) is 23.0 Å². The molecule has 0 radical (unpaired) electrons. The quantitative estimate of drug-likeness (QED) is 0.640. The van der Waals surface area contributed by atoms with E-state index >= 15 is 0 Å². The van der Waals surface area contributed by atoms with E-state index in [0.29, 0.717) is 0 Å². The van der Waals surface area contributed by atoms with E-state index < -0.39 is 11.6 Å². The van der Waals surface area contributed by atoms with Crippen molar-refractivity contribution in [3.8, 4) is 0 Å². The zero-order chi connectivity index (χ0) is 13.1. The molecule has 98 valence electrons. The van der Waals surface area contributed by atoms with Gasteiger partial charge in [0.15, 0.2) is 0 Å². The number of benzene rings is 1. The van der Waals surface area contributed by atoms with Gasteiger partial charge in [-0.15, -0.1) is 0 Å². The van der Waals surface area contributed by atoms with Crippen molar-refractivity contribution in [2.75, 3.05) is 13.1 Å². The molecular weight excluding hydrogens is 236 g/mol. The summed E-state index contributed by atoms with van der Waals surface area (Å²) in [7, 11) is 0. The van der Waals surface area contributed by atoms with Crippen LogP contribution >= 0.6 is 0 Å². The largest absolute Gasteiger partial charge is 0.387 e. The minimum atomic E-state index is -0.497. The normalized spacial score (nSPS) is 17.9. The van der Waals surface area contributed by atoms with Crippen molar-refractivity contribution in [2.24, 2.45) is 11.7 Å². The summed E-state index contributed by atoms with van der Waals surface area (Å²) in [6.45, 7) is 1.72. The van der Waals surface area contributed by atoms with Crippen LogP contribution in [0.4, 0.5) is 8.78 Å². The lowest BCUT2D eigenvalue weighted by Crippen LogP contribution is -2.38. The molecule has 1 aromatic rings. The second-order valence-corrected chi connectivity index (χ2v) is 4.71. The molecule has 0 bridgehead atoms. The Balaban J connectivity index is 1.98. The third-order valence-corrected chi connectivity index (χ3v) is 3.47. The zero-order valence-corrected chi connectivity index (χ0v) is 10.1. The summed E-state index contributed by atoms with van der Waals surface area (Å²) in [5.41, 5.74) is 5.58. The molecule has 0 spiro atoms. The second-order valence-electron chi connectivity index (χ2n) is 4.71. The summed E-state index contributed by atoms with van der Waals surface area (Å²) in [5, 5.41) is 7.38. The maximum Gasteiger partial charge on any atom is 0.130 e. The first kappa shape index (κ1) is 13.0. The van der Waals surface area contributed by atoms with Crippen molar-refractivity contribution >= 4 is 5.84 Å². The highest BCUT2D eigenvalue weighted by Crippen LogP contribution is 2.21. The molecule has 0 aliphatic carbocycles. The summed E-state index contributed by atoms with van der Waals surface area (Å²) in [4.78, 5) is 2.00. The Morgan fingerprint density at radius 2 is 1.83 bits per heavy atom. The Kier molecular flexibility index (Phi) is 3.91. The van der Waals surface area contributed by atoms with Gasteiger partial charge in [0, 0.05) is 18.0 Å². The van der Waals surface area contributed by atoms with E-state index in [4.69, 9.17) is 11.1 Å². The van der Waals surface area contributed by atoms with Gasteiger partial charge in [0.1, 0.15) is 11.6 Å². The molecule has 1 saturated heterocycles. The van der Waals surface area contributed by atoms with Crippen LogP contribution in [0.1, 0.15) is 18.4 Å². The van der Waals surface area contributed by atoms with Crippen LogP contribution in [0.25, 0.3) is 0 Å². The van der Waals surface area contributed by atoms with E-state index in [2.05, 4.69) is 0 Å².